The van der Waals surface area contributed by atoms with E-state index in [2.05, 4.69) is 22.0 Å². The summed E-state index contributed by atoms with van der Waals surface area (Å²) in [6, 6.07) is 6.72. The molecule has 6 aliphatic rings. The van der Waals surface area contributed by atoms with Crippen LogP contribution in [0.4, 0.5) is 10.1 Å². The van der Waals surface area contributed by atoms with E-state index in [9.17, 15) is 14.0 Å². The van der Waals surface area contributed by atoms with Gasteiger partial charge in [-0.2, -0.15) is 0 Å². The van der Waals surface area contributed by atoms with Gasteiger partial charge in [0.25, 0.3) is 0 Å². The molecule has 1 aromatic rings. The lowest BCUT2D eigenvalue weighted by Gasteiger charge is -2.37. The second kappa shape index (κ2) is 8.45. The molecule has 2 heterocycles. The van der Waals surface area contributed by atoms with Crippen molar-refractivity contribution in [1.29, 1.82) is 0 Å². The molecule has 6 atom stereocenters. The van der Waals surface area contributed by atoms with Crippen LogP contribution < -0.4 is 17.3 Å². The summed E-state index contributed by atoms with van der Waals surface area (Å²) in [7, 11) is 0. The van der Waals surface area contributed by atoms with Crippen molar-refractivity contribution in [3.05, 3.63) is 42.2 Å². The van der Waals surface area contributed by atoms with Crippen LogP contribution >= 0.6 is 0 Å². The fourth-order valence-electron chi connectivity index (χ4n) is 6.73. The standard InChI is InChI=1S/C25H30FN3O2.ClH/c26-16-3-5-17(6-4-16)28-13-11-27(12-14-28)9-1-2-10-29-24(30)22-18-7-8-19(21-15-20(18)21)23(22)25(29)31;/h3-8,18-23H,1-2,9-15H2;1H/p-1. The number of rotatable bonds is 6. The van der Waals surface area contributed by atoms with Crippen LogP contribution in [0.15, 0.2) is 36.4 Å². The van der Waals surface area contributed by atoms with E-state index in [4.69, 9.17) is 0 Å². The van der Waals surface area contributed by atoms with E-state index in [-0.39, 0.29) is 41.9 Å². The van der Waals surface area contributed by atoms with E-state index < -0.39 is 0 Å². The SMILES string of the molecule is O=C1C2C3C=CC(C4CC34)C2C(=O)N1CCCCN1CCN(c2ccc(F)cc2)CC1.[Cl-]. The minimum Gasteiger partial charge on any atom is -1.00 e. The highest BCUT2D eigenvalue weighted by atomic mass is 35.5. The molecule has 7 heteroatoms. The highest BCUT2D eigenvalue weighted by molar-refractivity contribution is 6.06. The number of carbonyl (C=O) groups is 2. The van der Waals surface area contributed by atoms with Gasteiger partial charge in [0.05, 0.1) is 11.8 Å². The fraction of sp³-hybridized carbons (Fsp3) is 0.600. The molecule has 0 spiro atoms. The lowest BCUT2D eigenvalue weighted by Crippen LogP contribution is -3.00. The molecule has 2 bridgehead atoms. The molecule has 2 aliphatic heterocycles. The second-order valence-corrected chi connectivity index (χ2v) is 9.99. The topological polar surface area (TPSA) is 43.9 Å². The molecule has 32 heavy (non-hydrogen) atoms. The number of hydrogen-bond acceptors (Lipinski definition) is 4. The summed E-state index contributed by atoms with van der Waals surface area (Å²) < 4.78 is 13.1. The Bertz CT molecular complexity index is 878. The number of nitrogens with zero attached hydrogens (tertiary/aromatic N) is 3. The van der Waals surface area contributed by atoms with Crippen molar-refractivity contribution in [1.82, 2.24) is 9.80 Å². The van der Waals surface area contributed by atoms with Gasteiger partial charge in [-0.15, -0.1) is 0 Å². The number of unbranched alkanes of at least 4 members (excludes halogenated alkanes) is 1. The first-order valence-electron chi connectivity index (χ1n) is 11.9. The number of carbonyl (C=O) groups excluding carboxylic acids is 2. The number of likely N-dealkylation sites (tertiary alicyclic amines) is 1. The van der Waals surface area contributed by atoms with E-state index in [0.717, 1.165) is 51.3 Å². The maximum Gasteiger partial charge on any atom is 0.233 e. The van der Waals surface area contributed by atoms with Gasteiger partial charge < -0.3 is 17.3 Å². The van der Waals surface area contributed by atoms with E-state index >= 15 is 0 Å². The van der Waals surface area contributed by atoms with Crippen LogP contribution in [0.1, 0.15) is 19.3 Å². The first-order chi connectivity index (χ1) is 15.1. The fourth-order valence-corrected chi connectivity index (χ4v) is 6.73. The molecule has 4 fully saturated rings. The normalized spacial score (nSPS) is 35.0. The Balaban J connectivity index is 0.00000216. The molecule has 0 radical (unpaired) electrons. The number of allylic oxidation sites excluding steroid dienone is 2. The molecule has 172 valence electrons. The summed E-state index contributed by atoms with van der Waals surface area (Å²) in [5, 5.41) is 0. The average molecular weight is 459 g/mol. The Morgan fingerprint density at radius 3 is 1.97 bits per heavy atom. The number of halogens is 2. The van der Waals surface area contributed by atoms with Crippen LogP contribution in [0, 0.1) is 41.3 Å². The van der Waals surface area contributed by atoms with Crippen LogP contribution in [0.5, 0.6) is 0 Å². The molecular weight excluding hydrogens is 429 g/mol. The Morgan fingerprint density at radius 2 is 1.38 bits per heavy atom. The summed E-state index contributed by atoms with van der Waals surface area (Å²) in [5.74, 6) is 1.86. The third-order valence-electron chi connectivity index (χ3n) is 8.42. The zero-order chi connectivity index (χ0) is 21.1. The van der Waals surface area contributed by atoms with Gasteiger partial charge in [0.1, 0.15) is 5.82 Å². The van der Waals surface area contributed by atoms with E-state index in [1.807, 2.05) is 12.1 Å². The summed E-state index contributed by atoms with van der Waals surface area (Å²) in [5.41, 5.74) is 1.08. The van der Waals surface area contributed by atoms with Gasteiger partial charge in [-0.3, -0.25) is 19.4 Å². The minimum atomic E-state index is -0.197. The number of hydrogen-bond donors (Lipinski definition) is 0. The van der Waals surface area contributed by atoms with Crippen molar-refractivity contribution in [3.8, 4) is 0 Å². The predicted molar refractivity (Wildman–Crippen MR) is 116 cm³/mol. The number of piperazine rings is 1. The number of imide groups is 1. The maximum absolute atomic E-state index is 13.1. The first-order valence-corrected chi connectivity index (χ1v) is 11.9. The zero-order valence-corrected chi connectivity index (χ0v) is 19.0. The quantitative estimate of drug-likeness (QED) is 0.336. The zero-order valence-electron chi connectivity index (χ0n) is 18.2. The van der Waals surface area contributed by atoms with E-state index in [0.29, 0.717) is 30.2 Å². The largest absolute Gasteiger partial charge is 1.00 e. The summed E-state index contributed by atoms with van der Waals surface area (Å²) in [6.07, 6.45) is 7.56. The summed E-state index contributed by atoms with van der Waals surface area (Å²) in [6.45, 7) is 5.43. The molecule has 2 saturated carbocycles. The van der Waals surface area contributed by atoms with Crippen LogP contribution in [-0.2, 0) is 9.59 Å². The average Bonchev–Trinajstić information content (AvgIpc) is 3.57. The minimum absolute atomic E-state index is 0. The van der Waals surface area contributed by atoms with Crippen LogP contribution in [0.25, 0.3) is 0 Å². The van der Waals surface area contributed by atoms with Crippen molar-refractivity contribution >= 4 is 17.5 Å². The second-order valence-electron chi connectivity index (χ2n) is 9.99. The Kier molecular flexibility index (Phi) is 5.79. The van der Waals surface area contributed by atoms with Crippen LogP contribution in [0.2, 0.25) is 0 Å². The first kappa shape index (κ1) is 21.9. The third kappa shape index (κ3) is 3.56. The van der Waals surface area contributed by atoms with Gasteiger partial charge in [0.2, 0.25) is 11.8 Å². The lowest BCUT2D eigenvalue weighted by atomic mass is 9.63. The number of anilines is 1. The number of amides is 2. The van der Waals surface area contributed by atoms with Gasteiger partial charge in [-0.1, -0.05) is 12.2 Å². The molecule has 0 N–H and O–H groups in total. The molecule has 4 aliphatic carbocycles. The third-order valence-corrected chi connectivity index (χ3v) is 8.42. The monoisotopic (exact) mass is 458 g/mol. The summed E-state index contributed by atoms with van der Waals surface area (Å²) >= 11 is 0. The van der Waals surface area contributed by atoms with Gasteiger partial charge in [-0.25, -0.2) is 4.39 Å². The van der Waals surface area contributed by atoms with Gasteiger partial charge in [0.15, 0.2) is 0 Å². The molecule has 0 aromatic heterocycles. The molecule has 7 rings (SSSR count). The van der Waals surface area contributed by atoms with Crippen molar-refractivity contribution < 1.29 is 26.4 Å². The maximum atomic E-state index is 13.1. The molecule has 6 unspecified atom stereocenters. The lowest BCUT2D eigenvalue weighted by molar-refractivity contribution is -0.140. The Labute approximate surface area is 195 Å². The van der Waals surface area contributed by atoms with Crippen molar-refractivity contribution in [2.45, 2.75) is 19.3 Å². The van der Waals surface area contributed by atoms with Gasteiger partial charge >= 0.3 is 0 Å². The van der Waals surface area contributed by atoms with Crippen LogP contribution in [-0.4, -0.2) is 60.9 Å². The smallest absolute Gasteiger partial charge is 0.233 e. The predicted octanol–water partition coefficient (Wildman–Crippen LogP) is -0.215. The highest BCUT2D eigenvalue weighted by Gasteiger charge is 2.66. The Morgan fingerprint density at radius 1 is 0.812 bits per heavy atom. The van der Waals surface area contributed by atoms with E-state index in [1.165, 1.54) is 18.6 Å². The number of benzene rings is 1. The van der Waals surface area contributed by atoms with Gasteiger partial charge in [0, 0.05) is 38.4 Å². The van der Waals surface area contributed by atoms with Gasteiger partial charge in [-0.05, 0) is 73.7 Å². The van der Waals surface area contributed by atoms with Crippen molar-refractivity contribution in [2.24, 2.45) is 35.5 Å². The highest BCUT2D eigenvalue weighted by Crippen LogP contribution is 2.65. The molecular formula is C25H30ClFN3O2-. The molecule has 2 amide bonds. The van der Waals surface area contributed by atoms with Crippen molar-refractivity contribution in [2.75, 3.05) is 44.2 Å². The Hall–Kier alpha value is -1.92. The molecule has 1 aromatic carbocycles. The molecule has 5 nitrogen and oxygen atoms in total. The van der Waals surface area contributed by atoms with E-state index in [1.54, 1.807) is 4.90 Å². The molecule has 2 saturated heterocycles. The van der Waals surface area contributed by atoms with Crippen molar-refractivity contribution in [3.63, 3.8) is 0 Å². The summed E-state index contributed by atoms with van der Waals surface area (Å²) in [4.78, 5) is 32.4. The van der Waals surface area contributed by atoms with Crippen LogP contribution in [0.3, 0.4) is 0 Å².